The van der Waals surface area contributed by atoms with Gasteiger partial charge in [-0.25, -0.2) is 9.18 Å². The number of aryl methyl sites for hydroxylation is 1. The number of nitrogens with one attached hydrogen (secondary N) is 1. The molecule has 3 aromatic rings. The van der Waals surface area contributed by atoms with Crippen LogP contribution in [0.5, 0.6) is 0 Å². The van der Waals surface area contributed by atoms with Crippen molar-refractivity contribution in [2.24, 2.45) is 0 Å². The van der Waals surface area contributed by atoms with E-state index >= 15 is 0 Å². The minimum atomic E-state index is -1.10. The molecule has 0 atom stereocenters. The van der Waals surface area contributed by atoms with E-state index in [1.807, 2.05) is 0 Å². The Kier molecular flexibility index (Phi) is 3.76. The van der Waals surface area contributed by atoms with Gasteiger partial charge in [-0.1, -0.05) is 5.16 Å². The molecule has 0 amide bonds. The van der Waals surface area contributed by atoms with Crippen molar-refractivity contribution in [1.29, 1.82) is 0 Å². The van der Waals surface area contributed by atoms with E-state index in [4.69, 9.17) is 9.63 Å². The maximum atomic E-state index is 13.0. The first-order valence-electron chi connectivity index (χ1n) is 6.73. The fourth-order valence-corrected chi connectivity index (χ4v) is 2.10. The van der Waals surface area contributed by atoms with E-state index < -0.39 is 5.97 Å². The van der Waals surface area contributed by atoms with Crippen LogP contribution < -0.4 is 0 Å². The molecule has 0 fully saturated rings. The van der Waals surface area contributed by atoms with E-state index in [2.05, 4.69) is 15.4 Å². The highest BCUT2D eigenvalue weighted by Gasteiger charge is 2.13. The van der Waals surface area contributed by atoms with Crippen molar-refractivity contribution >= 4 is 18.1 Å². The maximum Gasteiger partial charge on any atom is 0.356 e. The number of carbonyl (C=O) groups is 1. The topological polar surface area (TPSA) is 92.0 Å². The van der Waals surface area contributed by atoms with Gasteiger partial charge in [0, 0.05) is 11.1 Å². The molecule has 2 N–H and O–H groups in total. The van der Waals surface area contributed by atoms with Crippen molar-refractivity contribution in [3.8, 4) is 11.3 Å². The van der Waals surface area contributed by atoms with Gasteiger partial charge in [0.2, 0.25) is 0 Å². The summed E-state index contributed by atoms with van der Waals surface area (Å²) >= 11 is 0. The van der Waals surface area contributed by atoms with E-state index in [9.17, 15) is 9.18 Å². The number of aromatic carboxylic acids is 1. The molecule has 0 aliphatic carbocycles. The lowest BCUT2D eigenvalue weighted by Gasteiger charge is -1.98. The molecule has 116 valence electrons. The first kappa shape index (κ1) is 14.7. The molecule has 0 unspecified atom stereocenters. The molecule has 0 saturated heterocycles. The average Bonchev–Trinajstić information content (AvgIpc) is 3.13. The van der Waals surface area contributed by atoms with Crippen molar-refractivity contribution in [2.75, 3.05) is 0 Å². The van der Waals surface area contributed by atoms with Gasteiger partial charge in [0.05, 0.1) is 5.69 Å². The second-order valence-corrected chi connectivity index (χ2v) is 4.85. The number of rotatable bonds is 4. The number of aromatic nitrogens is 3. The Bertz CT molecular complexity index is 878. The zero-order chi connectivity index (χ0) is 16.4. The second-order valence-electron chi connectivity index (χ2n) is 4.85. The van der Waals surface area contributed by atoms with Gasteiger partial charge in [-0.15, -0.1) is 0 Å². The molecular formula is C16H12FN3O3. The summed E-state index contributed by atoms with van der Waals surface area (Å²) in [4.78, 5) is 10.8. The van der Waals surface area contributed by atoms with Gasteiger partial charge < -0.3 is 9.63 Å². The van der Waals surface area contributed by atoms with Crippen molar-refractivity contribution in [1.82, 2.24) is 15.4 Å². The summed E-state index contributed by atoms with van der Waals surface area (Å²) < 4.78 is 18.2. The van der Waals surface area contributed by atoms with Gasteiger partial charge in [-0.3, -0.25) is 5.10 Å². The Labute approximate surface area is 130 Å². The highest BCUT2D eigenvalue weighted by Crippen LogP contribution is 2.27. The molecule has 2 heterocycles. The van der Waals surface area contributed by atoms with Crippen LogP contribution in [0.1, 0.15) is 27.5 Å². The second kappa shape index (κ2) is 5.88. The van der Waals surface area contributed by atoms with E-state index in [0.717, 1.165) is 11.1 Å². The molecule has 0 radical (unpaired) electrons. The number of carboxylic acid groups (broad SMARTS) is 1. The van der Waals surface area contributed by atoms with Crippen LogP contribution in [0.4, 0.5) is 4.39 Å². The summed E-state index contributed by atoms with van der Waals surface area (Å²) in [7, 11) is 0. The van der Waals surface area contributed by atoms with Crippen molar-refractivity contribution in [3.05, 3.63) is 58.9 Å². The Balaban J connectivity index is 1.93. The molecule has 0 spiro atoms. The number of H-pyrrole nitrogens is 1. The maximum absolute atomic E-state index is 13.0. The Morgan fingerprint density at radius 3 is 2.70 bits per heavy atom. The predicted molar refractivity (Wildman–Crippen MR) is 81.1 cm³/mol. The zero-order valence-electron chi connectivity index (χ0n) is 12.1. The minimum absolute atomic E-state index is 0.0644. The molecule has 23 heavy (non-hydrogen) atoms. The van der Waals surface area contributed by atoms with E-state index in [0.29, 0.717) is 17.1 Å². The molecule has 7 heteroatoms. The van der Waals surface area contributed by atoms with Crippen LogP contribution in [0.15, 0.2) is 34.9 Å². The van der Waals surface area contributed by atoms with Gasteiger partial charge in [-0.05, 0) is 49.4 Å². The average molecular weight is 313 g/mol. The van der Waals surface area contributed by atoms with Gasteiger partial charge in [0.25, 0.3) is 0 Å². The number of hydrogen-bond acceptors (Lipinski definition) is 4. The van der Waals surface area contributed by atoms with Crippen LogP contribution in [-0.4, -0.2) is 26.4 Å². The van der Waals surface area contributed by atoms with Gasteiger partial charge in [0.1, 0.15) is 17.3 Å². The number of carboxylic acids is 1. The predicted octanol–water partition coefficient (Wildman–Crippen LogP) is 3.38. The Morgan fingerprint density at radius 2 is 2.04 bits per heavy atom. The molecule has 0 bridgehead atoms. The van der Waals surface area contributed by atoms with E-state index in [-0.39, 0.29) is 11.5 Å². The van der Waals surface area contributed by atoms with Crippen LogP contribution in [-0.2, 0) is 0 Å². The number of benzene rings is 1. The fraction of sp³-hybridized carbons (Fsp3) is 0.0625. The Hall–Kier alpha value is -3.22. The summed E-state index contributed by atoms with van der Waals surface area (Å²) in [6, 6.07) is 7.34. The molecular weight excluding hydrogens is 301 g/mol. The number of aromatic amines is 1. The number of hydrogen-bond donors (Lipinski definition) is 2. The largest absolute Gasteiger partial charge is 0.476 e. The lowest BCUT2D eigenvalue weighted by atomic mass is 10.1. The summed E-state index contributed by atoms with van der Waals surface area (Å²) in [5.41, 5.74) is 2.50. The highest BCUT2D eigenvalue weighted by atomic mass is 19.1. The summed E-state index contributed by atoms with van der Waals surface area (Å²) in [6.45, 7) is 1.76. The number of nitrogens with zero attached hydrogens (tertiary/aromatic N) is 2. The third-order valence-electron chi connectivity index (χ3n) is 3.27. The van der Waals surface area contributed by atoms with Crippen LogP contribution >= 0.6 is 0 Å². The SMILES string of the molecule is Cc1onc(-c2ccc(F)cc2)c1C=Cc1cc(C(=O)O)n[nH]1. The molecule has 2 aromatic heterocycles. The fourth-order valence-electron chi connectivity index (χ4n) is 2.10. The van der Waals surface area contributed by atoms with Crippen molar-refractivity contribution < 1.29 is 18.8 Å². The van der Waals surface area contributed by atoms with Gasteiger partial charge >= 0.3 is 5.97 Å². The van der Waals surface area contributed by atoms with Gasteiger partial charge in [-0.2, -0.15) is 5.10 Å². The zero-order valence-corrected chi connectivity index (χ0v) is 12.1. The molecule has 0 aliphatic heterocycles. The third kappa shape index (κ3) is 3.03. The molecule has 0 saturated carbocycles. The standard InChI is InChI=1S/C16H12FN3O3/c1-9-13(7-6-12-8-14(16(21)22)19-18-12)15(20-23-9)10-2-4-11(17)5-3-10/h2-8H,1H3,(H,18,19)(H,21,22). The molecule has 3 rings (SSSR count). The summed E-state index contributed by atoms with van der Waals surface area (Å²) in [6.07, 6.45) is 3.41. The number of halogens is 1. The lowest BCUT2D eigenvalue weighted by Crippen LogP contribution is -1.95. The minimum Gasteiger partial charge on any atom is -0.476 e. The van der Waals surface area contributed by atoms with Crippen LogP contribution in [0.3, 0.4) is 0 Å². The normalized spacial score (nSPS) is 11.2. The van der Waals surface area contributed by atoms with E-state index in [1.165, 1.54) is 18.2 Å². The smallest absolute Gasteiger partial charge is 0.356 e. The van der Waals surface area contributed by atoms with Crippen LogP contribution in [0.25, 0.3) is 23.4 Å². The quantitative estimate of drug-likeness (QED) is 0.770. The van der Waals surface area contributed by atoms with E-state index in [1.54, 1.807) is 31.2 Å². The first-order valence-corrected chi connectivity index (χ1v) is 6.73. The lowest BCUT2D eigenvalue weighted by molar-refractivity contribution is 0.0690. The monoisotopic (exact) mass is 313 g/mol. The molecule has 6 nitrogen and oxygen atoms in total. The third-order valence-corrected chi connectivity index (χ3v) is 3.27. The molecule has 1 aromatic carbocycles. The van der Waals surface area contributed by atoms with Crippen LogP contribution in [0.2, 0.25) is 0 Å². The summed E-state index contributed by atoms with van der Waals surface area (Å²) in [5, 5.41) is 19.1. The van der Waals surface area contributed by atoms with Crippen molar-refractivity contribution in [3.63, 3.8) is 0 Å². The van der Waals surface area contributed by atoms with Crippen LogP contribution in [0, 0.1) is 12.7 Å². The van der Waals surface area contributed by atoms with Gasteiger partial charge in [0.15, 0.2) is 5.69 Å². The van der Waals surface area contributed by atoms with Crippen molar-refractivity contribution in [2.45, 2.75) is 6.92 Å². The summed E-state index contributed by atoms with van der Waals surface area (Å²) in [5.74, 6) is -0.836. The highest BCUT2D eigenvalue weighted by molar-refractivity contribution is 5.86. The Morgan fingerprint density at radius 1 is 1.30 bits per heavy atom. The molecule has 0 aliphatic rings. The first-order chi connectivity index (χ1) is 11.0.